The van der Waals surface area contributed by atoms with E-state index < -0.39 is 17.9 Å². The van der Waals surface area contributed by atoms with Crippen LogP contribution in [0, 0.1) is 0 Å². The summed E-state index contributed by atoms with van der Waals surface area (Å²) in [5.41, 5.74) is 2.24. The van der Waals surface area contributed by atoms with E-state index in [1.807, 2.05) is 48.5 Å². The molecule has 4 rings (SSSR count). The molecular weight excluding hydrogens is 555 g/mol. The van der Waals surface area contributed by atoms with E-state index in [0.717, 1.165) is 55.4 Å². The highest BCUT2D eigenvalue weighted by atomic mass is 32.1. The zero-order chi connectivity index (χ0) is 29.8. The average molecular weight is 588 g/mol. The summed E-state index contributed by atoms with van der Waals surface area (Å²) in [7, 11) is 1.69. The van der Waals surface area contributed by atoms with Gasteiger partial charge in [0, 0.05) is 29.7 Å². The standard InChI is InChI=1S/C30H32F3N3O4S/c1-29(2,30(31,32)33)40-28(39)36-16-15-23-24(17-36)41-27(34-3)25(23)26(38)35-22-13-11-20(12-14-22)6-4-5-19-7-9-21(18-37)10-8-19/h7-14,18,34H,4-6,15-17H2,1-3H3,(H,35,38). The molecule has 0 spiro atoms. The second-order valence-corrected chi connectivity index (χ2v) is 11.5. The average Bonchev–Trinajstić information content (AvgIpc) is 3.31. The number of rotatable bonds is 9. The molecule has 7 nitrogen and oxygen atoms in total. The smallest absolute Gasteiger partial charge is 0.427 e. The number of ether oxygens (including phenoxy) is 1. The lowest BCUT2D eigenvalue weighted by Gasteiger charge is -2.32. The number of benzene rings is 2. The van der Waals surface area contributed by atoms with Gasteiger partial charge in [0.25, 0.3) is 5.91 Å². The Labute approximate surface area is 240 Å². The summed E-state index contributed by atoms with van der Waals surface area (Å²) in [5.74, 6) is -0.299. The first kappa shape index (κ1) is 30.1. The van der Waals surface area contributed by atoms with Crippen molar-refractivity contribution < 1.29 is 32.3 Å². The molecule has 218 valence electrons. The number of alkyl halides is 3. The molecule has 0 atom stereocenters. The Balaban J connectivity index is 1.36. The number of nitrogens with zero attached hydrogens (tertiary/aromatic N) is 1. The minimum atomic E-state index is -4.69. The molecule has 1 aromatic heterocycles. The molecular formula is C30H32F3N3O4S. The Kier molecular flexibility index (Phi) is 9.06. The second-order valence-electron chi connectivity index (χ2n) is 10.4. The molecule has 1 aliphatic heterocycles. The highest BCUT2D eigenvalue weighted by Gasteiger charge is 2.51. The summed E-state index contributed by atoms with van der Waals surface area (Å²) in [4.78, 5) is 38.6. The molecule has 2 heterocycles. The number of anilines is 2. The molecule has 2 amide bonds. The number of fused-ring (bicyclic) bond motifs is 1. The summed E-state index contributed by atoms with van der Waals surface area (Å²) in [6.07, 6.45) is -1.89. The fraction of sp³-hybridized carbons (Fsp3) is 0.367. The number of nitrogens with one attached hydrogen (secondary N) is 2. The third kappa shape index (κ3) is 7.08. The lowest BCUT2D eigenvalue weighted by atomic mass is 10.0. The number of hydrogen-bond donors (Lipinski definition) is 2. The van der Waals surface area contributed by atoms with Crippen LogP contribution in [0.3, 0.4) is 0 Å². The first-order valence-corrected chi connectivity index (χ1v) is 14.0. The van der Waals surface area contributed by atoms with Gasteiger partial charge in [-0.25, -0.2) is 4.79 Å². The molecule has 11 heteroatoms. The summed E-state index contributed by atoms with van der Waals surface area (Å²) < 4.78 is 44.3. The predicted octanol–water partition coefficient (Wildman–Crippen LogP) is 6.87. The largest absolute Gasteiger partial charge is 0.434 e. The molecule has 0 fully saturated rings. The van der Waals surface area contributed by atoms with Crippen molar-refractivity contribution in [3.05, 3.63) is 81.2 Å². The van der Waals surface area contributed by atoms with Crippen molar-refractivity contribution >= 4 is 40.3 Å². The van der Waals surface area contributed by atoms with Crippen LogP contribution >= 0.6 is 11.3 Å². The monoisotopic (exact) mass is 587 g/mol. The van der Waals surface area contributed by atoms with E-state index in [9.17, 15) is 27.6 Å². The Hall–Kier alpha value is -3.86. The van der Waals surface area contributed by atoms with E-state index >= 15 is 0 Å². The number of carbonyl (C=O) groups is 3. The number of carbonyl (C=O) groups excluding carboxylic acids is 3. The lowest BCUT2D eigenvalue weighted by molar-refractivity contribution is -0.246. The topological polar surface area (TPSA) is 87.7 Å². The van der Waals surface area contributed by atoms with Crippen LogP contribution in [0.4, 0.5) is 28.7 Å². The summed E-state index contributed by atoms with van der Waals surface area (Å²) in [6.45, 7) is 1.83. The Morgan fingerprint density at radius 1 is 1.02 bits per heavy atom. The fourth-order valence-electron chi connectivity index (χ4n) is 4.52. The van der Waals surface area contributed by atoms with Crippen LogP contribution in [-0.2, 0) is 30.5 Å². The molecule has 0 radical (unpaired) electrons. The van der Waals surface area contributed by atoms with Crippen LogP contribution < -0.4 is 10.6 Å². The highest BCUT2D eigenvalue weighted by Crippen LogP contribution is 2.38. The van der Waals surface area contributed by atoms with E-state index in [4.69, 9.17) is 4.74 Å². The zero-order valence-electron chi connectivity index (χ0n) is 23.1. The number of aldehydes is 1. The maximum atomic E-state index is 13.3. The van der Waals surface area contributed by atoms with Gasteiger partial charge < -0.3 is 20.3 Å². The number of halogens is 3. The number of amides is 2. The van der Waals surface area contributed by atoms with E-state index in [-0.39, 0.29) is 19.0 Å². The van der Waals surface area contributed by atoms with Crippen molar-refractivity contribution in [3.63, 3.8) is 0 Å². The van der Waals surface area contributed by atoms with Crippen molar-refractivity contribution in [2.24, 2.45) is 0 Å². The maximum absolute atomic E-state index is 13.3. The molecule has 3 aromatic rings. The number of thiophene rings is 1. The molecule has 2 N–H and O–H groups in total. The van der Waals surface area contributed by atoms with Gasteiger partial charge in [0.05, 0.1) is 12.1 Å². The van der Waals surface area contributed by atoms with Crippen LogP contribution in [0.2, 0.25) is 0 Å². The van der Waals surface area contributed by atoms with Crippen molar-refractivity contribution in [1.82, 2.24) is 4.90 Å². The van der Waals surface area contributed by atoms with Gasteiger partial charge in [0.15, 0.2) is 0 Å². The van der Waals surface area contributed by atoms with Crippen LogP contribution in [0.15, 0.2) is 48.5 Å². The molecule has 0 saturated carbocycles. The lowest BCUT2D eigenvalue weighted by Crippen LogP contribution is -2.47. The number of aryl methyl sites for hydroxylation is 2. The van der Waals surface area contributed by atoms with Gasteiger partial charge in [-0.05, 0) is 68.4 Å². The summed E-state index contributed by atoms with van der Waals surface area (Å²) in [6, 6.07) is 15.2. The van der Waals surface area contributed by atoms with Crippen molar-refractivity contribution in [2.45, 2.75) is 57.9 Å². The molecule has 0 aliphatic carbocycles. The molecule has 1 aliphatic rings. The third-order valence-corrected chi connectivity index (χ3v) is 8.29. The van der Waals surface area contributed by atoms with Crippen molar-refractivity contribution in [1.29, 1.82) is 0 Å². The van der Waals surface area contributed by atoms with E-state index in [1.54, 1.807) is 7.05 Å². The second kappa shape index (κ2) is 12.3. The van der Waals surface area contributed by atoms with Crippen LogP contribution in [0.5, 0.6) is 0 Å². The Morgan fingerprint density at radius 3 is 2.20 bits per heavy atom. The van der Waals surface area contributed by atoms with Crippen LogP contribution in [0.25, 0.3) is 0 Å². The zero-order valence-corrected chi connectivity index (χ0v) is 23.9. The molecule has 0 unspecified atom stereocenters. The van der Waals surface area contributed by atoms with E-state index in [0.29, 0.717) is 28.2 Å². The van der Waals surface area contributed by atoms with E-state index in [2.05, 4.69) is 10.6 Å². The highest BCUT2D eigenvalue weighted by molar-refractivity contribution is 7.16. The van der Waals surface area contributed by atoms with Gasteiger partial charge >= 0.3 is 12.3 Å². The van der Waals surface area contributed by atoms with Gasteiger partial charge in [0.1, 0.15) is 11.3 Å². The third-order valence-electron chi connectivity index (χ3n) is 7.05. The Morgan fingerprint density at radius 2 is 1.63 bits per heavy atom. The van der Waals surface area contributed by atoms with Crippen molar-refractivity contribution in [2.75, 3.05) is 24.2 Å². The maximum Gasteiger partial charge on any atom is 0.427 e. The summed E-state index contributed by atoms with van der Waals surface area (Å²) >= 11 is 1.30. The van der Waals surface area contributed by atoms with Crippen LogP contribution in [0.1, 0.15) is 62.6 Å². The predicted molar refractivity (Wildman–Crippen MR) is 153 cm³/mol. The quantitative estimate of drug-likeness (QED) is 0.267. The van der Waals surface area contributed by atoms with Gasteiger partial charge in [-0.2, -0.15) is 13.2 Å². The van der Waals surface area contributed by atoms with Gasteiger partial charge in [-0.3, -0.25) is 9.59 Å². The van der Waals surface area contributed by atoms with E-state index in [1.165, 1.54) is 21.8 Å². The minimum Gasteiger partial charge on any atom is -0.434 e. The van der Waals surface area contributed by atoms with Crippen molar-refractivity contribution in [3.8, 4) is 0 Å². The molecule has 0 bridgehead atoms. The molecule has 41 heavy (non-hydrogen) atoms. The van der Waals surface area contributed by atoms with Crippen LogP contribution in [-0.4, -0.2) is 48.6 Å². The Bertz CT molecular complexity index is 1400. The number of hydrogen-bond acceptors (Lipinski definition) is 6. The normalized spacial score (nSPS) is 13.4. The van der Waals surface area contributed by atoms with Gasteiger partial charge in [-0.15, -0.1) is 11.3 Å². The fourth-order valence-corrected chi connectivity index (χ4v) is 5.74. The summed E-state index contributed by atoms with van der Waals surface area (Å²) in [5, 5.41) is 6.59. The first-order valence-electron chi connectivity index (χ1n) is 13.2. The molecule has 2 aromatic carbocycles. The van der Waals surface area contributed by atoms with Gasteiger partial charge in [0.2, 0.25) is 5.60 Å². The minimum absolute atomic E-state index is 0.0602. The van der Waals surface area contributed by atoms with Gasteiger partial charge in [-0.1, -0.05) is 36.4 Å². The first-order chi connectivity index (χ1) is 19.4. The molecule has 0 saturated heterocycles. The SMILES string of the molecule is CNc1sc2c(c1C(=O)Nc1ccc(CCCc3ccc(C=O)cc3)cc1)CCN(C(=O)OC(C)(C)C(F)(F)F)C2.